The Morgan fingerprint density at radius 2 is 2.00 bits per heavy atom. The van der Waals surface area contributed by atoms with Crippen LogP contribution in [0.2, 0.25) is 0 Å². The van der Waals surface area contributed by atoms with Crippen molar-refractivity contribution in [3.05, 3.63) is 35.6 Å². The molecule has 0 saturated carbocycles. The van der Waals surface area contributed by atoms with Gasteiger partial charge in [0.25, 0.3) is 0 Å². The standard InChI is InChI=1S/C19H32FN5/c1-21-19(23-10-8-17-6-3-7-18(20)16-17)22-9-4-12-25-13-5-11-24(2)14-15-25/h3,6-7,16H,4-5,8-15H2,1-2H3,(H2,21,22,23). The minimum absolute atomic E-state index is 0.181. The highest BCUT2D eigenvalue weighted by Crippen LogP contribution is 2.03. The molecule has 2 N–H and O–H groups in total. The maximum atomic E-state index is 13.2. The van der Waals surface area contributed by atoms with E-state index in [9.17, 15) is 4.39 Å². The van der Waals surface area contributed by atoms with E-state index in [1.165, 1.54) is 25.6 Å². The van der Waals surface area contributed by atoms with Crippen LogP contribution in [0.25, 0.3) is 0 Å². The monoisotopic (exact) mass is 349 g/mol. The largest absolute Gasteiger partial charge is 0.356 e. The van der Waals surface area contributed by atoms with E-state index in [2.05, 4.69) is 32.5 Å². The molecule has 0 bridgehead atoms. The molecule has 1 saturated heterocycles. The molecule has 5 nitrogen and oxygen atoms in total. The van der Waals surface area contributed by atoms with Crippen molar-refractivity contribution in [2.75, 3.05) is 59.9 Å². The van der Waals surface area contributed by atoms with Gasteiger partial charge in [-0.1, -0.05) is 12.1 Å². The summed E-state index contributed by atoms with van der Waals surface area (Å²) in [5.74, 6) is 0.631. The van der Waals surface area contributed by atoms with Crippen molar-refractivity contribution in [2.45, 2.75) is 19.3 Å². The van der Waals surface area contributed by atoms with Gasteiger partial charge in [-0.3, -0.25) is 4.99 Å². The molecule has 1 fully saturated rings. The Morgan fingerprint density at radius 3 is 2.80 bits per heavy atom. The molecule has 0 amide bonds. The fourth-order valence-electron chi connectivity index (χ4n) is 3.07. The summed E-state index contributed by atoms with van der Waals surface area (Å²) in [6.45, 7) is 7.50. The smallest absolute Gasteiger partial charge is 0.190 e. The first kappa shape index (κ1) is 19.7. The summed E-state index contributed by atoms with van der Waals surface area (Å²) in [6, 6.07) is 6.74. The Balaban J connectivity index is 1.58. The number of nitrogens with zero attached hydrogens (tertiary/aromatic N) is 3. The van der Waals surface area contributed by atoms with Crippen molar-refractivity contribution >= 4 is 5.96 Å². The molecule has 1 aliphatic rings. The third-order valence-corrected chi connectivity index (χ3v) is 4.57. The molecular weight excluding hydrogens is 317 g/mol. The summed E-state index contributed by atoms with van der Waals surface area (Å²) in [4.78, 5) is 9.20. The Kier molecular flexibility index (Phi) is 8.69. The van der Waals surface area contributed by atoms with Gasteiger partial charge in [-0.15, -0.1) is 0 Å². The highest BCUT2D eigenvalue weighted by Gasteiger charge is 2.11. The lowest BCUT2D eigenvalue weighted by atomic mass is 10.1. The molecule has 0 aromatic heterocycles. The summed E-state index contributed by atoms with van der Waals surface area (Å²) in [5, 5.41) is 6.65. The van der Waals surface area contributed by atoms with Gasteiger partial charge in [0.05, 0.1) is 0 Å². The first-order valence-electron chi connectivity index (χ1n) is 9.27. The molecule has 1 aromatic carbocycles. The summed E-state index contributed by atoms with van der Waals surface area (Å²) in [7, 11) is 3.98. The van der Waals surface area contributed by atoms with Gasteiger partial charge in [-0.05, 0) is 63.6 Å². The average molecular weight is 349 g/mol. The highest BCUT2D eigenvalue weighted by atomic mass is 19.1. The van der Waals surface area contributed by atoms with Gasteiger partial charge >= 0.3 is 0 Å². The number of aliphatic imine (C=N–C) groups is 1. The summed E-state index contributed by atoms with van der Waals surface area (Å²) >= 11 is 0. The fourth-order valence-corrected chi connectivity index (χ4v) is 3.07. The number of guanidine groups is 1. The number of nitrogens with one attached hydrogen (secondary N) is 2. The van der Waals surface area contributed by atoms with E-state index in [1.54, 1.807) is 19.2 Å². The summed E-state index contributed by atoms with van der Waals surface area (Å²) in [5.41, 5.74) is 0.995. The Bertz CT molecular complexity index is 534. The average Bonchev–Trinajstić information content (AvgIpc) is 2.81. The van der Waals surface area contributed by atoms with Crippen LogP contribution in [-0.4, -0.2) is 75.7 Å². The van der Waals surface area contributed by atoms with Crippen LogP contribution < -0.4 is 10.6 Å². The normalized spacial score (nSPS) is 17.3. The zero-order valence-electron chi connectivity index (χ0n) is 15.6. The van der Waals surface area contributed by atoms with Gasteiger partial charge in [-0.2, -0.15) is 0 Å². The predicted molar refractivity (Wildman–Crippen MR) is 103 cm³/mol. The topological polar surface area (TPSA) is 42.9 Å². The number of benzene rings is 1. The van der Waals surface area contributed by atoms with Crippen LogP contribution in [0.5, 0.6) is 0 Å². The zero-order chi connectivity index (χ0) is 17.9. The van der Waals surface area contributed by atoms with Crippen molar-refractivity contribution < 1.29 is 4.39 Å². The molecule has 0 radical (unpaired) electrons. The van der Waals surface area contributed by atoms with Crippen molar-refractivity contribution in [3.63, 3.8) is 0 Å². The van der Waals surface area contributed by atoms with Crippen molar-refractivity contribution in [1.29, 1.82) is 0 Å². The lowest BCUT2D eigenvalue weighted by molar-refractivity contribution is 0.274. The molecule has 2 rings (SSSR count). The van der Waals surface area contributed by atoms with Crippen LogP contribution >= 0.6 is 0 Å². The van der Waals surface area contributed by atoms with Crippen LogP contribution in [0.1, 0.15) is 18.4 Å². The van der Waals surface area contributed by atoms with E-state index in [1.807, 2.05) is 6.07 Å². The van der Waals surface area contributed by atoms with Crippen molar-refractivity contribution in [1.82, 2.24) is 20.4 Å². The maximum Gasteiger partial charge on any atom is 0.190 e. The van der Waals surface area contributed by atoms with Crippen LogP contribution in [0.4, 0.5) is 4.39 Å². The van der Waals surface area contributed by atoms with E-state index in [-0.39, 0.29) is 5.82 Å². The molecule has 1 aliphatic heterocycles. The first-order valence-corrected chi connectivity index (χ1v) is 9.27. The molecular formula is C19H32FN5. The molecule has 6 heteroatoms. The number of hydrogen-bond donors (Lipinski definition) is 2. The van der Waals surface area contributed by atoms with Crippen molar-refractivity contribution in [2.24, 2.45) is 4.99 Å². The van der Waals surface area contributed by atoms with Crippen LogP contribution in [0.15, 0.2) is 29.3 Å². The minimum atomic E-state index is -0.181. The number of hydrogen-bond acceptors (Lipinski definition) is 3. The second-order valence-corrected chi connectivity index (χ2v) is 6.66. The SMILES string of the molecule is CN=C(NCCCN1CCCN(C)CC1)NCCc1cccc(F)c1. The first-order chi connectivity index (χ1) is 12.2. The number of likely N-dealkylation sites (N-methyl/N-ethyl adjacent to an activating group) is 1. The molecule has 25 heavy (non-hydrogen) atoms. The van der Waals surface area contributed by atoms with E-state index < -0.39 is 0 Å². The molecule has 1 heterocycles. The molecule has 140 valence electrons. The second-order valence-electron chi connectivity index (χ2n) is 6.66. The molecule has 0 unspecified atom stereocenters. The highest BCUT2D eigenvalue weighted by molar-refractivity contribution is 5.79. The van der Waals surface area contributed by atoms with E-state index in [4.69, 9.17) is 0 Å². The van der Waals surface area contributed by atoms with Gasteiger partial charge in [0.1, 0.15) is 5.82 Å². The minimum Gasteiger partial charge on any atom is -0.356 e. The zero-order valence-corrected chi connectivity index (χ0v) is 15.6. The van der Waals surface area contributed by atoms with Crippen LogP contribution in [0, 0.1) is 5.82 Å². The predicted octanol–water partition coefficient (Wildman–Crippen LogP) is 1.56. The molecule has 0 atom stereocenters. The number of halogens is 1. The Labute approximate surface area is 151 Å². The van der Waals surface area contributed by atoms with Gasteiger partial charge in [0, 0.05) is 33.2 Å². The Hall–Kier alpha value is -1.66. The molecule has 0 spiro atoms. The third kappa shape index (κ3) is 7.84. The fraction of sp³-hybridized carbons (Fsp3) is 0.632. The quantitative estimate of drug-likeness (QED) is 0.445. The van der Waals surface area contributed by atoms with E-state index in [0.717, 1.165) is 57.1 Å². The maximum absolute atomic E-state index is 13.2. The van der Waals surface area contributed by atoms with E-state index in [0.29, 0.717) is 0 Å². The summed E-state index contributed by atoms with van der Waals surface area (Å²) < 4.78 is 13.2. The van der Waals surface area contributed by atoms with Gasteiger partial charge in [-0.25, -0.2) is 4.39 Å². The third-order valence-electron chi connectivity index (χ3n) is 4.57. The van der Waals surface area contributed by atoms with Crippen LogP contribution in [-0.2, 0) is 6.42 Å². The van der Waals surface area contributed by atoms with E-state index >= 15 is 0 Å². The molecule has 0 aliphatic carbocycles. The number of rotatable bonds is 7. The lowest BCUT2D eigenvalue weighted by Gasteiger charge is -2.20. The van der Waals surface area contributed by atoms with Gasteiger partial charge in [0.15, 0.2) is 5.96 Å². The van der Waals surface area contributed by atoms with Gasteiger partial charge < -0.3 is 20.4 Å². The lowest BCUT2D eigenvalue weighted by Crippen LogP contribution is -2.40. The van der Waals surface area contributed by atoms with Gasteiger partial charge in [0.2, 0.25) is 0 Å². The van der Waals surface area contributed by atoms with Crippen LogP contribution in [0.3, 0.4) is 0 Å². The summed E-state index contributed by atoms with van der Waals surface area (Å²) in [6.07, 6.45) is 3.14. The Morgan fingerprint density at radius 1 is 1.16 bits per heavy atom. The second kappa shape index (κ2) is 11.1. The molecule has 1 aromatic rings. The van der Waals surface area contributed by atoms with Crippen molar-refractivity contribution in [3.8, 4) is 0 Å².